The van der Waals surface area contributed by atoms with E-state index in [2.05, 4.69) is 5.32 Å². The van der Waals surface area contributed by atoms with Crippen molar-refractivity contribution in [2.75, 3.05) is 19.5 Å². The van der Waals surface area contributed by atoms with E-state index in [1.807, 2.05) is 24.3 Å². The molecule has 1 amide bonds. The fourth-order valence-electron chi connectivity index (χ4n) is 3.26. The Morgan fingerprint density at radius 2 is 1.80 bits per heavy atom. The predicted molar refractivity (Wildman–Crippen MR) is 92.2 cm³/mol. The SMILES string of the molecule is COC1(OC)C(=O)Nc2ccc(-c3cccc4oc(=O)ccc34)cc21. The Labute approximate surface area is 143 Å². The van der Waals surface area contributed by atoms with Crippen molar-refractivity contribution in [1.29, 1.82) is 0 Å². The number of carbonyl (C=O) groups excluding carboxylic acids is 1. The van der Waals surface area contributed by atoms with Gasteiger partial charge in [-0.15, -0.1) is 0 Å². The average molecular weight is 337 g/mol. The second kappa shape index (κ2) is 5.54. The number of methoxy groups -OCH3 is 2. The molecule has 2 aromatic carbocycles. The molecular weight excluding hydrogens is 322 g/mol. The van der Waals surface area contributed by atoms with Crippen LogP contribution in [0.15, 0.2) is 57.7 Å². The van der Waals surface area contributed by atoms with Crippen LogP contribution in [0.5, 0.6) is 0 Å². The van der Waals surface area contributed by atoms with Crippen LogP contribution in [0.2, 0.25) is 0 Å². The third-order valence-corrected chi connectivity index (χ3v) is 4.47. The number of anilines is 1. The molecule has 0 fully saturated rings. The van der Waals surface area contributed by atoms with E-state index in [4.69, 9.17) is 13.9 Å². The van der Waals surface area contributed by atoms with Crippen molar-refractivity contribution in [1.82, 2.24) is 0 Å². The molecule has 2 heterocycles. The molecule has 4 rings (SSSR count). The summed E-state index contributed by atoms with van der Waals surface area (Å²) in [6.45, 7) is 0. The molecule has 1 aliphatic heterocycles. The number of carbonyl (C=O) groups is 1. The highest BCUT2D eigenvalue weighted by molar-refractivity contribution is 6.05. The molecule has 1 N–H and O–H groups in total. The Bertz CT molecular complexity index is 1050. The fourth-order valence-corrected chi connectivity index (χ4v) is 3.26. The van der Waals surface area contributed by atoms with Crippen molar-refractivity contribution in [2.24, 2.45) is 0 Å². The lowest BCUT2D eigenvalue weighted by atomic mass is 9.96. The van der Waals surface area contributed by atoms with Crippen LogP contribution < -0.4 is 10.9 Å². The fraction of sp³-hybridized carbons (Fsp3) is 0.158. The monoisotopic (exact) mass is 337 g/mol. The molecular formula is C19H15NO5. The van der Waals surface area contributed by atoms with Crippen LogP contribution in [0.3, 0.4) is 0 Å². The largest absolute Gasteiger partial charge is 0.423 e. The molecule has 0 bridgehead atoms. The first-order valence-corrected chi connectivity index (χ1v) is 7.68. The summed E-state index contributed by atoms with van der Waals surface area (Å²) in [4.78, 5) is 23.7. The molecule has 0 atom stereocenters. The zero-order chi connectivity index (χ0) is 17.6. The van der Waals surface area contributed by atoms with E-state index < -0.39 is 11.4 Å². The van der Waals surface area contributed by atoms with Crippen molar-refractivity contribution in [3.05, 3.63) is 64.5 Å². The Hall–Kier alpha value is -2.96. The predicted octanol–water partition coefficient (Wildman–Crippen LogP) is 2.86. The molecule has 0 aliphatic carbocycles. The van der Waals surface area contributed by atoms with Crippen LogP contribution in [0.1, 0.15) is 5.56 Å². The Balaban J connectivity index is 1.94. The first kappa shape index (κ1) is 15.6. The molecule has 1 aromatic heterocycles. The van der Waals surface area contributed by atoms with Crippen molar-refractivity contribution in [2.45, 2.75) is 5.79 Å². The topological polar surface area (TPSA) is 77.8 Å². The van der Waals surface area contributed by atoms with Gasteiger partial charge in [0.1, 0.15) is 5.58 Å². The normalized spacial score (nSPS) is 15.2. The van der Waals surface area contributed by atoms with E-state index in [1.54, 1.807) is 18.2 Å². The highest BCUT2D eigenvalue weighted by atomic mass is 16.7. The van der Waals surface area contributed by atoms with E-state index in [0.717, 1.165) is 16.5 Å². The molecule has 25 heavy (non-hydrogen) atoms. The minimum absolute atomic E-state index is 0.367. The maximum Gasteiger partial charge on any atom is 0.336 e. The summed E-state index contributed by atoms with van der Waals surface area (Å²) in [5, 5.41) is 3.57. The number of fused-ring (bicyclic) bond motifs is 2. The lowest BCUT2D eigenvalue weighted by molar-refractivity contribution is -0.207. The number of hydrogen-bond donors (Lipinski definition) is 1. The van der Waals surface area contributed by atoms with Gasteiger partial charge in [0.05, 0.1) is 5.69 Å². The highest BCUT2D eigenvalue weighted by Gasteiger charge is 2.48. The highest BCUT2D eigenvalue weighted by Crippen LogP contribution is 2.41. The second-order valence-corrected chi connectivity index (χ2v) is 5.71. The van der Waals surface area contributed by atoms with Crippen LogP contribution in [0, 0.1) is 0 Å². The van der Waals surface area contributed by atoms with Gasteiger partial charge in [0.2, 0.25) is 0 Å². The summed E-state index contributed by atoms with van der Waals surface area (Å²) in [6, 6.07) is 14.1. The Morgan fingerprint density at radius 3 is 2.56 bits per heavy atom. The lowest BCUT2D eigenvalue weighted by Gasteiger charge is -2.23. The number of nitrogens with one attached hydrogen (secondary N) is 1. The molecule has 3 aromatic rings. The van der Waals surface area contributed by atoms with Gasteiger partial charge in [0.15, 0.2) is 0 Å². The number of amides is 1. The van der Waals surface area contributed by atoms with E-state index in [-0.39, 0.29) is 5.91 Å². The zero-order valence-corrected chi connectivity index (χ0v) is 13.7. The minimum atomic E-state index is -1.47. The third kappa shape index (κ3) is 2.19. The first-order valence-electron chi connectivity index (χ1n) is 7.68. The first-order chi connectivity index (χ1) is 12.1. The zero-order valence-electron chi connectivity index (χ0n) is 13.7. The van der Waals surface area contributed by atoms with Crippen LogP contribution >= 0.6 is 0 Å². The molecule has 6 nitrogen and oxygen atoms in total. The van der Waals surface area contributed by atoms with Gasteiger partial charge in [0.25, 0.3) is 11.7 Å². The Morgan fingerprint density at radius 1 is 1.00 bits per heavy atom. The van der Waals surface area contributed by atoms with Gasteiger partial charge in [-0.05, 0) is 35.4 Å². The van der Waals surface area contributed by atoms with Crippen LogP contribution in [0.25, 0.3) is 22.1 Å². The average Bonchev–Trinajstić information content (AvgIpc) is 2.91. The molecule has 6 heteroatoms. The lowest BCUT2D eigenvalue weighted by Crippen LogP contribution is -2.38. The van der Waals surface area contributed by atoms with Crippen molar-refractivity contribution >= 4 is 22.6 Å². The van der Waals surface area contributed by atoms with E-state index in [9.17, 15) is 9.59 Å². The van der Waals surface area contributed by atoms with Gasteiger partial charge in [-0.1, -0.05) is 18.2 Å². The molecule has 0 spiro atoms. The van der Waals surface area contributed by atoms with Crippen molar-refractivity contribution in [3.8, 4) is 11.1 Å². The van der Waals surface area contributed by atoms with Crippen molar-refractivity contribution in [3.63, 3.8) is 0 Å². The molecule has 0 radical (unpaired) electrons. The summed E-state index contributed by atoms with van der Waals surface area (Å²) < 4.78 is 16.0. The van der Waals surface area contributed by atoms with E-state index >= 15 is 0 Å². The van der Waals surface area contributed by atoms with Gasteiger partial charge in [-0.3, -0.25) is 4.79 Å². The standard InChI is InChI=1S/C19H15NO5/c1-23-19(24-2)14-10-11(6-8-15(14)20-18(19)22)12-4-3-5-16-13(12)7-9-17(21)25-16/h3-10H,1-2H3,(H,20,22). The van der Waals surface area contributed by atoms with Gasteiger partial charge in [-0.2, -0.15) is 0 Å². The second-order valence-electron chi connectivity index (χ2n) is 5.71. The maximum absolute atomic E-state index is 12.3. The number of benzene rings is 2. The summed E-state index contributed by atoms with van der Waals surface area (Å²) in [6.07, 6.45) is 0. The molecule has 0 unspecified atom stereocenters. The van der Waals surface area contributed by atoms with Gasteiger partial charge in [0, 0.05) is 31.2 Å². The van der Waals surface area contributed by atoms with Gasteiger partial charge in [-0.25, -0.2) is 4.79 Å². The summed E-state index contributed by atoms with van der Waals surface area (Å²) in [5.74, 6) is -1.84. The quantitative estimate of drug-likeness (QED) is 0.587. The molecule has 126 valence electrons. The van der Waals surface area contributed by atoms with Gasteiger partial charge >= 0.3 is 5.63 Å². The smallest absolute Gasteiger partial charge is 0.336 e. The molecule has 0 saturated carbocycles. The number of ether oxygens (including phenoxy) is 2. The number of hydrogen-bond acceptors (Lipinski definition) is 5. The minimum Gasteiger partial charge on any atom is -0.423 e. The summed E-state index contributed by atoms with van der Waals surface area (Å²) >= 11 is 0. The van der Waals surface area contributed by atoms with Crippen LogP contribution in [0.4, 0.5) is 5.69 Å². The third-order valence-electron chi connectivity index (χ3n) is 4.47. The number of rotatable bonds is 3. The van der Waals surface area contributed by atoms with Crippen LogP contribution in [-0.2, 0) is 20.1 Å². The van der Waals surface area contributed by atoms with Crippen LogP contribution in [-0.4, -0.2) is 20.1 Å². The Kier molecular flexibility index (Phi) is 3.45. The maximum atomic E-state index is 12.3. The molecule has 1 aliphatic rings. The van der Waals surface area contributed by atoms with E-state index in [0.29, 0.717) is 16.8 Å². The van der Waals surface area contributed by atoms with E-state index in [1.165, 1.54) is 20.3 Å². The summed E-state index contributed by atoms with van der Waals surface area (Å²) in [7, 11) is 2.86. The van der Waals surface area contributed by atoms with Gasteiger partial charge < -0.3 is 19.2 Å². The molecule has 0 saturated heterocycles. The summed E-state index contributed by atoms with van der Waals surface area (Å²) in [5.41, 5.74) is 3.09. The van der Waals surface area contributed by atoms with Crippen molar-refractivity contribution < 1.29 is 18.7 Å².